The highest BCUT2D eigenvalue weighted by molar-refractivity contribution is 5.95. The van der Waals surface area contributed by atoms with Crippen molar-refractivity contribution in [1.82, 2.24) is 14.5 Å². The van der Waals surface area contributed by atoms with Crippen molar-refractivity contribution in [3.8, 4) is 0 Å². The normalized spacial score (nSPS) is 29.2. The lowest BCUT2D eigenvalue weighted by atomic mass is 9.96. The number of aliphatic hydroxyl groups is 2. The second kappa shape index (κ2) is 6.16. The van der Waals surface area contributed by atoms with Gasteiger partial charge in [-0.1, -0.05) is 0 Å². The SMILES string of the molecule is CO[C@]1(C)C(O)C(CO)O[C@H]1n1cc([N+](=O)[O-])c2c(NO)ncnc21. The molecule has 12 nitrogen and oxygen atoms in total. The molecular weight excluding hydrogens is 338 g/mol. The van der Waals surface area contributed by atoms with Gasteiger partial charge in [-0.3, -0.25) is 25.4 Å². The van der Waals surface area contributed by atoms with Crippen LogP contribution in [0.15, 0.2) is 12.5 Å². The Kier molecular flexibility index (Phi) is 4.30. The molecule has 0 spiro atoms. The highest BCUT2D eigenvalue weighted by Gasteiger charge is 2.55. The first kappa shape index (κ1) is 17.4. The Morgan fingerprint density at radius 2 is 2.28 bits per heavy atom. The molecule has 4 atom stereocenters. The molecule has 25 heavy (non-hydrogen) atoms. The minimum absolute atomic E-state index is 0.0287. The van der Waals surface area contributed by atoms with Crippen molar-refractivity contribution in [2.75, 3.05) is 19.2 Å². The third-order valence-corrected chi connectivity index (χ3v) is 4.50. The van der Waals surface area contributed by atoms with Crippen molar-refractivity contribution < 1.29 is 29.8 Å². The van der Waals surface area contributed by atoms with Gasteiger partial charge in [0.25, 0.3) is 5.69 Å². The van der Waals surface area contributed by atoms with Crippen molar-refractivity contribution in [2.45, 2.75) is 31.0 Å². The van der Waals surface area contributed by atoms with E-state index in [2.05, 4.69) is 9.97 Å². The molecule has 1 aliphatic heterocycles. The third kappa shape index (κ3) is 2.42. The summed E-state index contributed by atoms with van der Waals surface area (Å²) in [6.45, 7) is 1.10. The Hall–Kier alpha value is -2.38. The maximum absolute atomic E-state index is 11.4. The number of nitro groups is 1. The summed E-state index contributed by atoms with van der Waals surface area (Å²) in [6.07, 6.45) is -0.860. The van der Waals surface area contributed by atoms with Gasteiger partial charge in [-0.25, -0.2) is 9.97 Å². The summed E-state index contributed by atoms with van der Waals surface area (Å²) in [6, 6.07) is 0. The molecule has 0 radical (unpaired) electrons. The lowest BCUT2D eigenvalue weighted by Gasteiger charge is -2.31. The van der Waals surface area contributed by atoms with Gasteiger partial charge in [0.15, 0.2) is 17.7 Å². The number of fused-ring (bicyclic) bond motifs is 1. The minimum Gasteiger partial charge on any atom is -0.394 e. The standard InChI is InChI=1S/C13H17N5O7/c1-13(24-2)9(20)7(4-19)25-12(13)17-3-6(18(22)23)8-10(16-21)14-5-15-11(8)17/h3,5,7,9,12,19-21H,4H2,1-2H3,(H,14,15,16)/t7?,9?,12-,13-/m1/s1. The molecule has 4 N–H and O–H groups in total. The summed E-state index contributed by atoms with van der Waals surface area (Å²) in [5, 5.41) is 40.3. The van der Waals surface area contributed by atoms with Crippen LogP contribution in [0.5, 0.6) is 0 Å². The van der Waals surface area contributed by atoms with E-state index in [-0.39, 0.29) is 22.5 Å². The molecule has 0 amide bonds. The molecule has 1 aliphatic rings. The maximum Gasteiger partial charge on any atom is 0.300 e. The van der Waals surface area contributed by atoms with Crippen molar-refractivity contribution in [2.24, 2.45) is 0 Å². The lowest BCUT2D eigenvalue weighted by Crippen LogP contribution is -2.46. The second-order valence-electron chi connectivity index (χ2n) is 5.75. The van der Waals surface area contributed by atoms with Crippen molar-refractivity contribution >= 4 is 22.5 Å². The van der Waals surface area contributed by atoms with Gasteiger partial charge in [-0.2, -0.15) is 0 Å². The maximum atomic E-state index is 11.4. The van der Waals surface area contributed by atoms with E-state index < -0.39 is 35.6 Å². The lowest BCUT2D eigenvalue weighted by molar-refractivity contribution is -0.383. The van der Waals surface area contributed by atoms with Crippen LogP contribution in [0.4, 0.5) is 11.5 Å². The van der Waals surface area contributed by atoms with Gasteiger partial charge in [0.2, 0.25) is 0 Å². The first-order valence-electron chi connectivity index (χ1n) is 7.28. The fraction of sp³-hybridized carbons (Fsp3) is 0.538. The van der Waals surface area contributed by atoms with E-state index in [1.54, 1.807) is 12.4 Å². The van der Waals surface area contributed by atoms with E-state index in [0.717, 1.165) is 12.5 Å². The van der Waals surface area contributed by atoms with E-state index in [0.29, 0.717) is 0 Å². The van der Waals surface area contributed by atoms with Crippen LogP contribution in [-0.4, -0.2) is 66.4 Å². The smallest absolute Gasteiger partial charge is 0.300 e. The second-order valence-corrected chi connectivity index (χ2v) is 5.75. The van der Waals surface area contributed by atoms with Gasteiger partial charge in [-0.15, -0.1) is 0 Å². The van der Waals surface area contributed by atoms with Gasteiger partial charge in [0, 0.05) is 7.11 Å². The summed E-state index contributed by atoms with van der Waals surface area (Å²) in [5.41, 5.74) is 0.232. The van der Waals surface area contributed by atoms with E-state index in [1.165, 1.54) is 11.7 Å². The summed E-state index contributed by atoms with van der Waals surface area (Å²) in [5.74, 6) is -0.146. The number of nitrogens with one attached hydrogen (secondary N) is 1. The van der Waals surface area contributed by atoms with Crippen LogP contribution in [0.1, 0.15) is 13.2 Å². The van der Waals surface area contributed by atoms with E-state index >= 15 is 0 Å². The number of aliphatic hydroxyl groups excluding tert-OH is 2. The van der Waals surface area contributed by atoms with Crippen molar-refractivity contribution in [1.29, 1.82) is 0 Å². The zero-order valence-electron chi connectivity index (χ0n) is 13.4. The Morgan fingerprint density at radius 1 is 1.56 bits per heavy atom. The Bertz CT molecular complexity index is 811. The van der Waals surface area contributed by atoms with E-state index in [4.69, 9.17) is 9.47 Å². The molecule has 2 aromatic heterocycles. The fourth-order valence-corrected chi connectivity index (χ4v) is 3.06. The molecule has 136 valence electrons. The first-order valence-corrected chi connectivity index (χ1v) is 7.28. The molecule has 0 saturated carbocycles. The number of hydrogen-bond donors (Lipinski definition) is 4. The number of anilines is 1. The summed E-state index contributed by atoms with van der Waals surface area (Å²) in [4.78, 5) is 18.5. The number of nitrogens with zero attached hydrogens (tertiary/aromatic N) is 4. The Morgan fingerprint density at radius 3 is 2.84 bits per heavy atom. The predicted molar refractivity (Wildman–Crippen MR) is 82.0 cm³/mol. The van der Waals surface area contributed by atoms with Crippen LogP contribution in [0.2, 0.25) is 0 Å². The Balaban J connectivity index is 2.24. The molecule has 2 aromatic rings. The van der Waals surface area contributed by atoms with Gasteiger partial charge in [-0.05, 0) is 6.92 Å². The average molecular weight is 355 g/mol. The van der Waals surface area contributed by atoms with Crippen molar-refractivity contribution in [3.63, 3.8) is 0 Å². The Labute approximate surface area is 140 Å². The monoisotopic (exact) mass is 355 g/mol. The van der Waals surface area contributed by atoms with E-state index in [9.17, 15) is 25.5 Å². The molecular formula is C13H17N5O7. The van der Waals surface area contributed by atoms with E-state index in [1.807, 2.05) is 0 Å². The van der Waals surface area contributed by atoms with Gasteiger partial charge < -0.3 is 19.7 Å². The number of hydrogen-bond acceptors (Lipinski definition) is 10. The minimum atomic E-state index is -1.30. The topological polar surface area (TPSA) is 165 Å². The van der Waals surface area contributed by atoms with Gasteiger partial charge in [0.05, 0.1) is 17.7 Å². The summed E-state index contributed by atoms with van der Waals surface area (Å²) >= 11 is 0. The molecule has 0 bridgehead atoms. The third-order valence-electron chi connectivity index (χ3n) is 4.50. The highest BCUT2D eigenvalue weighted by atomic mass is 16.6. The summed E-state index contributed by atoms with van der Waals surface area (Å²) < 4.78 is 12.4. The zero-order valence-corrected chi connectivity index (χ0v) is 13.4. The predicted octanol–water partition coefficient (Wildman–Crippen LogP) is -0.204. The molecule has 1 fully saturated rings. The average Bonchev–Trinajstić information content (AvgIpc) is 3.12. The molecule has 3 rings (SSSR count). The molecule has 0 aromatic carbocycles. The van der Waals surface area contributed by atoms with Gasteiger partial charge >= 0.3 is 0 Å². The number of methoxy groups -OCH3 is 1. The fourth-order valence-electron chi connectivity index (χ4n) is 3.06. The van der Waals surface area contributed by atoms with Crippen molar-refractivity contribution in [3.05, 3.63) is 22.6 Å². The molecule has 1 saturated heterocycles. The zero-order chi connectivity index (χ0) is 18.4. The van der Waals surface area contributed by atoms with Crippen LogP contribution in [0.25, 0.3) is 11.0 Å². The molecule has 2 unspecified atom stereocenters. The van der Waals surface area contributed by atoms with Crippen LogP contribution < -0.4 is 5.48 Å². The molecule has 0 aliphatic carbocycles. The highest BCUT2D eigenvalue weighted by Crippen LogP contribution is 2.44. The molecule has 3 heterocycles. The number of ether oxygens (including phenoxy) is 2. The first-order chi connectivity index (χ1) is 11.9. The number of aromatic nitrogens is 3. The number of rotatable bonds is 5. The van der Waals surface area contributed by atoms with Gasteiger partial charge in [0.1, 0.15) is 29.5 Å². The quantitative estimate of drug-likeness (QED) is 0.416. The van der Waals surface area contributed by atoms with Crippen LogP contribution in [0, 0.1) is 10.1 Å². The van der Waals surface area contributed by atoms with Crippen LogP contribution in [-0.2, 0) is 9.47 Å². The largest absolute Gasteiger partial charge is 0.394 e. The molecule has 12 heteroatoms. The summed E-state index contributed by atoms with van der Waals surface area (Å²) in [7, 11) is 1.36. The van der Waals surface area contributed by atoms with Crippen LogP contribution >= 0.6 is 0 Å². The van der Waals surface area contributed by atoms with Crippen LogP contribution in [0.3, 0.4) is 0 Å².